The van der Waals surface area contributed by atoms with Crippen LogP contribution in [0.1, 0.15) is 50.8 Å². The minimum absolute atomic E-state index is 0.0190. The van der Waals surface area contributed by atoms with E-state index in [1.807, 2.05) is 31.2 Å². The van der Waals surface area contributed by atoms with E-state index in [2.05, 4.69) is 41.6 Å². The van der Waals surface area contributed by atoms with Gasteiger partial charge in [-0.3, -0.25) is 19.8 Å². The van der Waals surface area contributed by atoms with Crippen molar-refractivity contribution in [2.45, 2.75) is 52.0 Å². The predicted octanol–water partition coefficient (Wildman–Crippen LogP) is 2.80. The normalized spacial score (nSPS) is 19.4. The first-order valence-corrected chi connectivity index (χ1v) is 10.2. The monoisotopic (exact) mass is 415 g/mol. The standard InChI is InChI=1S/C20H25N5O3S/c1-6-15-23-24-17(29-15)21-14(26)11-25-16(27)20(5,22-18(25)28)13-9-7-12(8-10-13)19(2,3)4/h7-10H,6,11H2,1-5H3,(H,22,28)(H,21,24,26). The Kier molecular flexibility index (Phi) is 5.44. The summed E-state index contributed by atoms with van der Waals surface area (Å²) in [5, 5.41) is 14.3. The van der Waals surface area contributed by atoms with Crippen LogP contribution in [-0.4, -0.2) is 39.5 Å². The van der Waals surface area contributed by atoms with Gasteiger partial charge in [0.05, 0.1) is 0 Å². The zero-order valence-electron chi connectivity index (χ0n) is 17.2. The van der Waals surface area contributed by atoms with Crippen molar-refractivity contribution in [3.05, 3.63) is 40.4 Å². The summed E-state index contributed by atoms with van der Waals surface area (Å²) in [6.07, 6.45) is 0.715. The van der Waals surface area contributed by atoms with Gasteiger partial charge in [-0.15, -0.1) is 10.2 Å². The smallest absolute Gasteiger partial charge is 0.319 e. The molecule has 1 saturated heterocycles. The second-order valence-electron chi connectivity index (χ2n) is 8.18. The van der Waals surface area contributed by atoms with E-state index in [9.17, 15) is 14.4 Å². The number of carbonyl (C=O) groups excluding carboxylic acids is 3. The number of anilines is 1. The fourth-order valence-electron chi connectivity index (χ4n) is 3.09. The van der Waals surface area contributed by atoms with Crippen molar-refractivity contribution in [2.75, 3.05) is 11.9 Å². The molecule has 4 amide bonds. The molecule has 1 aliphatic heterocycles. The first-order chi connectivity index (χ1) is 13.5. The second kappa shape index (κ2) is 7.55. The predicted molar refractivity (Wildman–Crippen MR) is 111 cm³/mol. The van der Waals surface area contributed by atoms with E-state index >= 15 is 0 Å². The Bertz CT molecular complexity index is 948. The Morgan fingerprint density at radius 1 is 1.21 bits per heavy atom. The zero-order chi connectivity index (χ0) is 21.4. The molecule has 0 radical (unpaired) electrons. The molecule has 2 aromatic rings. The molecule has 3 rings (SSSR count). The number of urea groups is 1. The molecule has 1 aromatic carbocycles. The van der Waals surface area contributed by atoms with Crippen LogP contribution in [0.25, 0.3) is 0 Å². The highest BCUT2D eigenvalue weighted by Gasteiger charge is 2.49. The topological polar surface area (TPSA) is 104 Å². The summed E-state index contributed by atoms with van der Waals surface area (Å²) in [6, 6.07) is 7.00. The van der Waals surface area contributed by atoms with E-state index in [1.165, 1.54) is 11.3 Å². The number of hydrogen-bond acceptors (Lipinski definition) is 6. The summed E-state index contributed by atoms with van der Waals surface area (Å²) in [5.41, 5.74) is 0.561. The van der Waals surface area contributed by atoms with Gasteiger partial charge in [-0.1, -0.05) is 63.3 Å². The molecule has 1 unspecified atom stereocenters. The maximum atomic E-state index is 13.0. The molecule has 1 fully saturated rings. The van der Waals surface area contributed by atoms with Gasteiger partial charge < -0.3 is 5.32 Å². The van der Waals surface area contributed by atoms with E-state index in [0.717, 1.165) is 15.5 Å². The Hall–Kier alpha value is -2.81. The van der Waals surface area contributed by atoms with E-state index in [1.54, 1.807) is 6.92 Å². The molecule has 29 heavy (non-hydrogen) atoms. The van der Waals surface area contributed by atoms with Gasteiger partial charge in [0.15, 0.2) is 0 Å². The molecular formula is C20H25N5O3S. The van der Waals surface area contributed by atoms with Crippen molar-refractivity contribution in [3.63, 3.8) is 0 Å². The Morgan fingerprint density at radius 2 is 1.86 bits per heavy atom. The highest BCUT2D eigenvalue weighted by Crippen LogP contribution is 2.31. The second-order valence-corrected chi connectivity index (χ2v) is 9.24. The van der Waals surface area contributed by atoms with Crippen LogP contribution in [0.15, 0.2) is 24.3 Å². The van der Waals surface area contributed by atoms with Crippen LogP contribution >= 0.6 is 11.3 Å². The molecule has 1 atom stereocenters. The third-order valence-electron chi connectivity index (χ3n) is 4.92. The number of benzene rings is 1. The maximum Gasteiger partial charge on any atom is 0.325 e. The molecular weight excluding hydrogens is 390 g/mol. The van der Waals surface area contributed by atoms with Crippen molar-refractivity contribution in [2.24, 2.45) is 0 Å². The van der Waals surface area contributed by atoms with Crippen molar-refractivity contribution in [3.8, 4) is 0 Å². The Balaban J connectivity index is 1.73. The SMILES string of the molecule is CCc1nnc(NC(=O)CN2C(=O)NC(C)(c3ccc(C(C)(C)C)cc3)C2=O)s1. The average molecular weight is 416 g/mol. The molecule has 0 spiro atoms. The summed E-state index contributed by atoms with van der Waals surface area (Å²) in [7, 11) is 0. The van der Waals surface area contributed by atoms with Gasteiger partial charge in [-0.05, 0) is 29.9 Å². The van der Waals surface area contributed by atoms with Gasteiger partial charge in [-0.2, -0.15) is 0 Å². The zero-order valence-corrected chi connectivity index (χ0v) is 18.0. The Labute approximate surface area is 173 Å². The van der Waals surface area contributed by atoms with Crippen LogP contribution in [0.5, 0.6) is 0 Å². The fraction of sp³-hybridized carbons (Fsp3) is 0.450. The number of aryl methyl sites for hydroxylation is 1. The first-order valence-electron chi connectivity index (χ1n) is 9.42. The van der Waals surface area contributed by atoms with E-state index in [4.69, 9.17) is 0 Å². The van der Waals surface area contributed by atoms with Crippen molar-refractivity contribution in [1.29, 1.82) is 0 Å². The van der Waals surface area contributed by atoms with Crippen molar-refractivity contribution in [1.82, 2.24) is 20.4 Å². The number of hydrogen-bond donors (Lipinski definition) is 2. The van der Waals surface area contributed by atoms with E-state index < -0.39 is 23.4 Å². The van der Waals surface area contributed by atoms with Crippen LogP contribution in [0.4, 0.5) is 9.93 Å². The van der Waals surface area contributed by atoms with E-state index in [-0.39, 0.29) is 12.0 Å². The molecule has 154 valence electrons. The molecule has 1 aromatic heterocycles. The van der Waals surface area contributed by atoms with Crippen LogP contribution < -0.4 is 10.6 Å². The fourth-order valence-corrected chi connectivity index (χ4v) is 3.78. The lowest BCUT2D eigenvalue weighted by Crippen LogP contribution is -2.42. The highest BCUT2D eigenvalue weighted by molar-refractivity contribution is 7.15. The maximum absolute atomic E-state index is 13.0. The van der Waals surface area contributed by atoms with Gasteiger partial charge in [0.25, 0.3) is 5.91 Å². The first kappa shape index (κ1) is 20.9. The number of carbonyl (C=O) groups is 3. The molecule has 1 aliphatic rings. The summed E-state index contributed by atoms with van der Waals surface area (Å²) < 4.78 is 0. The number of nitrogens with one attached hydrogen (secondary N) is 2. The van der Waals surface area contributed by atoms with Gasteiger partial charge in [0, 0.05) is 0 Å². The van der Waals surface area contributed by atoms with Gasteiger partial charge in [-0.25, -0.2) is 4.79 Å². The molecule has 0 saturated carbocycles. The van der Waals surface area contributed by atoms with Gasteiger partial charge >= 0.3 is 6.03 Å². The highest BCUT2D eigenvalue weighted by atomic mass is 32.1. The van der Waals surface area contributed by atoms with Crippen LogP contribution in [0, 0.1) is 0 Å². The number of amides is 4. The van der Waals surface area contributed by atoms with Crippen molar-refractivity contribution >= 4 is 34.3 Å². The minimum atomic E-state index is -1.22. The summed E-state index contributed by atoms with van der Waals surface area (Å²) in [4.78, 5) is 38.7. The quantitative estimate of drug-likeness (QED) is 0.731. The summed E-state index contributed by atoms with van der Waals surface area (Å²) in [5.74, 6) is -0.965. The van der Waals surface area contributed by atoms with Gasteiger partial charge in [0.2, 0.25) is 11.0 Å². The van der Waals surface area contributed by atoms with E-state index in [0.29, 0.717) is 17.1 Å². The third kappa shape index (κ3) is 4.14. The lowest BCUT2D eigenvalue weighted by atomic mass is 9.84. The van der Waals surface area contributed by atoms with Crippen LogP contribution in [-0.2, 0) is 27.0 Å². The molecule has 8 nitrogen and oxygen atoms in total. The number of aromatic nitrogens is 2. The number of rotatable bonds is 5. The van der Waals surface area contributed by atoms with Crippen molar-refractivity contribution < 1.29 is 14.4 Å². The molecule has 0 aliphatic carbocycles. The molecule has 0 bridgehead atoms. The van der Waals surface area contributed by atoms with Gasteiger partial charge in [0.1, 0.15) is 17.1 Å². The molecule has 2 N–H and O–H groups in total. The summed E-state index contributed by atoms with van der Waals surface area (Å²) in [6.45, 7) is 9.51. The average Bonchev–Trinajstić information content (AvgIpc) is 3.19. The lowest BCUT2D eigenvalue weighted by Gasteiger charge is -2.24. The largest absolute Gasteiger partial charge is 0.325 e. The summed E-state index contributed by atoms with van der Waals surface area (Å²) >= 11 is 1.26. The molecule has 9 heteroatoms. The lowest BCUT2D eigenvalue weighted by molar-refractivity contribution is -0.133. The van der Waals surface area contributed by atoms with Crippen LogP contribution in [0.2, 0.25) is 0 Å². The minimum Gasteiger partial charge on any atom is -0.319 e. The number of nitrogens with zero attached hydrogens (tertiary/aromatic N) is 3. The van der Waals surface area contributed by atoms with Crippen LogP contribution in [0.3, 0.4) is 0 Å². The Morgan fingerprint density at radius 3 is 2.41 bits per heavy atom. The molecule has 2 heterocycles. The third-order valence-corrected chi connectivity index (χ3v) is 5.90. The number of imide groups is 1.